The highest BCUT2D eigenvalue weighted by atomic mass is 16.2. The van der Waals surface area contributed by atoms with Gasteiger partial charge < -0.3 is 10.6 Å². The number of nitrogen functional groups attached to an aromatic ring is 1. The lowest BCUT2D eigenvalue weighted by molar-refractivity contribution is 0.0985. The van der Waals surface area contributed by atoms with Crippen LogP contribution in [0.2, 0.25) is 0 Å². The van der Waals surface area contributed by atoms with E-state index in [1.807, 2.05) is 38.1 Å². The summed E-state index contributed by atoms with van der Waals surface area (Å²) in [5.41, 5.74) is 9.68. The molecular formula is C15H20N4O. The fraction of sp³-hybridized carbons (Fsp3) is 0.333. The molecule has 0 aliphatic rings. The summed E-state index contributed by atoms with van der Waals surface area (Å²) in [5, 5.41) is 4.28. The number of hydrogen-bond donors (Lipinski definition) is 1. The van der Waals surface area contributed by atoms with Crippen LogP contribution in [0.1, 0.15) is 28.7 Å². The summed E-state index contributed by atoms with van der Waals surface area (Å²) in [6, 6.07) is 7.79. The fourth-order valence-corrected chi connectivity index (χ4v) is 2.16. The Morgan fingerprint density at radius 1 is 1.35 bits per heavy atom. The number of anilines is 2. The predicted molar refractivity (Wildman–Crippen MR) is 80.9 cm³/mol. The van der Waals surface area contributed by atoms with Crippen molar-refractivity contribution in [1.29, 1.82) is 0 Å². The van der Waals surface area contributed by atoms with Crippen molar-refractivity contribution < 1.29 is 4.79 Å². The van der Waals surface area contributed by atoms with E-state index in [1.54, 1.807) is 23.7 Å². The Kier molecular flexibility index (Phi) is 3.79. The van der Waals surface area contributed by atoms with Crippen LogP contribution in [0.25, 0.3) is 0 Å². The Labute approximate surface area is 119 Å². The molecule has 0 bridgehead atoms. The molecule has 5 nitrogen and oxygen atoms in total. The summed E-state index contributed by atoms with van der Waals surface area (Å²) in [7, 11) is 3.48. The topological polar surface area (TPSA) is 64.2 Å². The second kappa shape index (κ2) is 5.36. The molecular weight excluding hydrogens is 252 g/mol. The number of benzene rings is 1. The molecule has 0 saturated heterocycles. The quantitative estimate of drug-likeness (QED) is 0.931. The van der Waals surface area contributed by atoms with E-state index in [0.717, 1.165) is 16.9 Å². The van der Waals surface area contributed by atoms with E-state index in [9.17, 15) is 4.79 Å². The van der Waals surface area contributed by atoms with Crippen molar-refractivity contribution in [3.05, 3.63) is 41.2 Å². The molecule has 0 aliphatic heterocycles. The molecule has 0 aliphatic carbocycles. The average Bonchev–Trinajstić information content (AvgIpc) is 2.72. The Bertz CT molecular complexity index is 628. The summed E-state index contributed by atoms with van der Waals surface area (Å²) in [4.78, 5) is 14.2. The molecule has 0 radical (unpaired) electrons. The van der Waals surface area contributed by atoms with Crippen LogP contribution < -0.4 is 10.6 Å². The third-order valence-corrected chi connectivity index (χ3v) is 3.42. The van der Waals surface area contributed by atoms with Crippen LogP contribution in [-0.4, -0.2) is 22.7 Å². The summed E-state index contributed by atoms with van der Waals surface area (Å²) < 4.78 is 1.56. The molecule has 2 N–H and O–H groups in total. The smallest absolute Gasteiger partial charge is 0.278 e. The van der Waals surface area contributed by atoms with E-state index in [4.69, 9.17) is 5.73 Å². The molecule has 0 saturated carbocycles. The second-order valence-corrected chi connectivity index (χ2v) is 4.89. The lowest BCUT2D eigenvalue weighted by Crippen LogP contribution is -2.28. The average molecular weight is 272 g/mol. The Hall–Kier alpha value is -2.30. The number of carbonyl (C=O) groups excluding carboxylic acids is 1. The zero-order chi connectivity index (χ0) is 14.9. The third-order valence-electron chi connectivity index (χ3n) is 3.42. The normalized spacial score (nSPS) is 10.6. The van der Waals surface area contributed by atoms with E-state index in [-0.39, 0.29) is 5.91 Å². The Balaban J connectivity index is 2.36. The van der Waals surface area contributed by atoms with Crippen molar-refractivity contribution in [2.24, 2.45) is 7.05 Å². The molecule has 20 heavy (non-hydrogen) atoms. The zero-order valence-electron chi connectivity index (χ0n) is 12.3. The summed E-state index contributed by atoms with van der Waals surface area (Å²) in [6.45, 7) is 3.98. The van der Waals surface area contributed by atoms with E-state index < -0.39 is 0 Å². The van der Waals surface area contributed by atoms with Gasteiger partial charge in [-0.1, -0.05) is 24.6 Å². The highest BCUT2D eigenvalue weighted by Crippen LogP contribution is 2.22. The van der Waals surface area contributed by atoms with Gasteiger partial charge in [-0.05, 0) is 25.5 Å². The first-order valence-electron chi connectivity index (χ1n) is 6.61. The molecule has 0 spiro atoms. The minimum atomic E-state index is -0.152. The van der Waals surface area contributed by atoms with Crippen LogP contribution in [0.5, 0.6) is 0 Å². The number of carbonyl (C=O) groups is 1. The standard InChI is InChI=1S/C15H20N4O/c1-5-12-13(16)14(19(4)17-12)15(20)18(3)11-8-6-10(2)7-9-11/h6-9H,5,16H2,1-4H3. The number of nitrogens with zero attached hydrogens (tertiary/aromatic N) is 3. The van der Waals surface area contributed by atoms with Crippen LogP contribution in [0.3, 0.4) is 0 Å². The van der Waals surface area contributed by atoms with Gasteiger partial charge in [0, 0.05) is 19.8 Å². The van der Waals surface area contributed by atoms with E-state index in [2.05, 4.69) is 5.10 Å². The largest absolute Gasteiger partial charge is 0.395 e. The van der Waals surface area contributed by atoms with Gasteiger partial charge >= 0.3 is 0 Å². The van der Waals surface area contributed by atoms with Crippen LogP contribution in [-0.2, 0) is 13.5 Å². The van der Waals surface area contributed by atoms with Crippen molar-refractivity contribution in [2.75, 3.05) is 17.7 Å². The summed E-state index contributed by atoms with van der Waals surface area (Å²) in [6.07, 6.45) is 0.710. The summed E-state index contributed by atoms with van der Waals surface area (Å²) in [5.74, 6) is -0.152. The number of aryl methyl sites for hydroxylation is 3. The third kappa shape index (κ3) is 2.39. The van der Waals surface area contributed by atoms with Gasteiger partial charge in [-0.15, -0.1) is 0 Å². The first-order valence-corrected chi connectivity index (χ1v) is 6.61. The van der Waals surface area contributed by atoms with Crippen LogP contribution >= 0.6 is 0 Å². The van der Waals surface area contributed by atoms with Crippen molar-refractivity contribution >= 4 is 17.3 Å². The van der Waals surface area contributed by atoms with Gasteiger partial charge in [0.2, 0.25) is 0 Å². The first-order chi connectivity index (χ1) is 9.45. The van der Waals surface area contributed by atoms with Gasteiger partial charge in [-0.2, -0.15) is 5.10 Å². The SMILES string of the molecule is CCc1nn(C)c(C(=O)N(C)c2ccc(C)cc2)c1N. The lowest BCUT2D eigenvalue weighted by Gasteiger charge is -2.18. The molecule has 5 heteroatoms. The zero-order valence-corrected chi connectivity index (χ0v) is 12.3. The van der Waals surface area contributed by atoms with Crippen LogP contribution in [0.4, 0.5) is 11.4 Å². The molecule has 1 aromatic heterocycles. The summed E-state index contributed by atoms with van der Waals surface area (Å²) >= 11 is 0. The molecule has 0 fully saturated rings. The Morgan fingerprint density at radius 3 is 2.45 bits per heavy atom. The van der Waals surface area contributed by atoms with Gasteiger partial charge in [0.05, 0.1) is 11.4 Å². The fourth-order valence-electron chi connectivity index (χ4n) is 2.16. The predicted octanol–water partition coefficient (Wildman–Crippen LogP) is 2.15. The maximum atomic E-state index is 12.6. The van der Waals surface area contributed by atoms with Crippen LogP contribution in [0.15, 0.2) is 24.3 Å². The molecule has 106 valence electrons. The highest BCUT2D eigenvalue weighted by Gasteiger charge is 2.22. The monoisotopic (exact) mass is 272 g/mol. The van der Waals surface area contributed by atoms with Gasteiger partial charge in [0.25, 0.3) is 5.91 Å². The molecule has 0 unspecified atom stereocenters. The van der Waals surface area contributed by atoms with Gasteiger partial charge in [-0.3, -0.25) is 9.48 Å². The van der Waals surface area contributed by atoms with Crippen LogP contribution in [0, 0.1) is 6.92 Å². The van der Waals surface area contributed by atoms with Crippen molar-refractivity contribution in [3.8, 4) is 0 Å². The van der Waals surface area contributed by atoms with E-state index >= 15 is 0 Å². The number of amides is 1. The lowest BCUT2D eigenvalue weighted by atomic mass is 10.2. The van der Waals surface area contributed by atoms with Crippen molar-refractivity contribution in [1.82, 2.24) is 9.78 Å². The van der Waals surface area contributed by atoms with E-state index in [1.165, 1.54) is 0 Å². The van der Waals surface area contributed by atoms with Gasteiger partial charge in [-0.25, -0.2) is 0 Å². The van der Waals surface area contributed by atoms with Crippen molar-refractivity contribution in [2.45, 2.75) is 20.3 Å². The molecule has 0 atom stereocenters. The van der Waals surface area contributed by atoms with Gasteiger partial charge in [0.15, 0.2) is 0 Å². The second-order valence-electron chi connectivity index (χ2n) is 4.89. The molecule has 2 aromatic rings. The number of nitrogens with two attached hydrogens (primary N) is 1. The maximum Gasteiger partial charge on any atom is 0.278 e. The molecule has 1 heterocycles. The molecule has 1 aromatic carbocycles. The number of hydrogen-bond acceptors (Lipinski definition) is 3. The minimum Gasteiger partial charge on any atom is -0.395 e. The highest BCUT2D eigenvalue weighted by molar-refractivity contribution is 6.08. The molecule has 1 amide bonds. The molecule has 2 rings (SSSR count). The van der Waals surface area contributed by atoms with E-state index in [0.29, 0.717) is 17.8 Å². The van der Waals surface area contributed by atoms with Gasteiger partial charge in [0.1, 0.15) is 5.69 Å². The van der Waals surface area contributed by atoms with Crippen molar-refractivity contribution in [3.63, 3.8) is 0 Å². The Morgan fingerprint density at radius 2 is 1.95 bits per heavy atom. The number of aromatic nitrogens is 2. The maximum absolute atomic E-state index is 12.6. The number of rotatable bonds is 3. The first kappa shape index (κ1) is 14.1. The minimum absolute atomic E-state index is 0.152.